The molecule has 1 amide bonds. The maximum Gasteiger partial charge on any atom is 0.242 e. The number of anilines is 1. The van der Waals surface area contributed by atoms with Gasteiger partial charge in [0.15, 0.2) is 0 Å². The number of aryl methyl sites for hydroxylation is 1. The quantitative estimate of drug-likeness (QED) is 0.854. The second-order valence-corrected chi connectivity index (χ2v) is 5.32. The molecule has 2 N–H and O–H groups in total. The molecular weight excluding hydrogens is 236 g/mol. The van der Waals surface area contributed by atoms with Gasteiger partial charge in [-0.1, -0.05) is 44.9 Å². The molecule has 0 bridgehead atoms. The maximum atomic E-state index is 12.2. The van der Waals surface area contributed by atoms with Gasteiger partial charge >= 0.3 is 0 Å². The Morgan fingerprint density at radius 1 is 1.37 bits per heavy atom. The monoisotopic (exact) mass is 260 g/mol. The highest BCUT2D eigenvalue weighted by Gasteiger charge is 2.23. The van der Waals surface area contributed by atoms with Gasteiger partial charge < -0.3 is 10.6 Å². The van der Waals surface area contributed by atoms with Crippen LogP contribution in [-0.4, -0.2) is 18.5 Å². The number of nitrogens with one attached hydrogen (secondary N) is 2. The van der Waals surface area contributed by atoms with Crippen LogP contribution in [0.15, 0.2) is 24.3 Å². The average molecular weight is 260 g/mol. The summed E-state index contributed by atoms with van der Waals surface area (Å²) in [6, 6.07) is 8.16. The molecule has 0 aromatic heterocycles. The lowest BCUT2D eigenvalue weighted by Gasteiger charge is -2.26. The van der Waals surface area contributed by atoms with E-state index >= 15 is 0 Å². The molecule has 0 spiro atoms. The first kappa shape index (κ1) is 13.9. The third-order valence-electron chi connectivity index (χ3n) is 4.09. The summed E-state index contributed by atoms with van der Waals surface area (Å²) >= 11 is 0. The molecule has 0 saturated heterocycles. The van der Waals surface area contributed by atoms with Crippen LogP contribution in [0.1, 0.15) is 38.7 Å². The minimum absolute atomic E-state index is 0.0794. The summed E-state index contributed by atoms with van der Waals surface area (Å²) in [6.45, 7) is 5.15. The first-order valence-electron chi connectivity index (χ1n) is 7.36. The fourth-order valence-electron chi connectivity index (χ4n) is 2.58. The van der Waals surface area contributed by atoms with Crippen LogP contribution in [-0.2, 0) is 11.2 Å². The van der Waals surface area contributed by atoms with Gasteiger partial charge in [0.1, 0.15) is 6.04 Å². The van der Waals surface area contributed by atoms with Gasteiger partial charge in [-0.3, -0.25) is 4.79 Å². The van der Waals surface area contributed by atoms with Crippen LogP contribution >= 0.6 is 0 Å². The Morgan fingerprint density at radius 3 is 2.84 bits per heavy atom. The smallest absolute Gasteiger partial charge is 0.242 e. The molecule has 3 heteroatoms. The third-order valence-corrected chi connectivity index (χ3v) is 4.09. The molecule has 19 heavy (non-hydrogen) atoms. The van der Waals surface area contributed by atoms with Gasteiger partial charge in [-0.15, -0.1) is 0 Å². The molecule has 1 aromatic rings. The van der Waals surface area contributed by atoms with Gasteiger partial charge in [0.25, 0.3) is 0 Å². The Balaban J connectivity index is 1.88. The van der Waals surface area contributed by atoms with Crippen LogP contribution in [0.3, 0.4) is 0 Å². The highest BCUT2D eigenvalue weighted by atomic mass is 16.2. The van der Waals surface area contributed by atoms with Crippen molar-refractivity contribution in [1.82, 2.24) is 5.32 Å². The summed E-state index contributed by atoms with van der Waals surface area (Å²) in [7, 11) is 0. The molecule has 1 aliphatic rings. The number of carbonyl (C=O) groups excluding carboxylic acids is 1. The van der Waals surface area contributed by atoms with Gasteiger partial charge in [0.2, 0.25) is 5.91 Å². The van der Waals surface area contributed by atoms with E-state index in [1.54, 1.807) is 0 Å². The summed E-state index contributed by atoms with van der Waals surface area (Å²) < 4.78 is 0. The van der Waals surface area contributed by atoms with E-state index < -0.39 is 0 Å². The molecule has 0 aliphatic carbocycles. The van der Waals surface area contributed by atoms with E-state index in [0.29, 0.717) is 5.92 Å². The molecule has 3 nitrogen and oxygen atoms in total. The molecule has 0 fully saturated rings. The van der Waals surface area contributed by atoms with E-state index in [-0.39, 0.29) is 11.9 Å². The summed E-state index contributed by atoms with van der Waals surface area (Å²) in [5, 5.41) is 6.43. The Labute approximate surface area is 115 Å². The fourth-order valence-corrected chi connectivity index (χ4v) is 2.58. The van der Waals surface area contributed by atoms with Crippen molar-refractivity contribution in [2.45, 2.75) is 45.6 Å². The Morgan fingerprint density at radius 2 is 2.11 bits per heavy atom. The van der Waals surface area contributed by atoms with E-state index in [9.17, 15) is 4.79 Å². The number of amides is 1. The zero-order chi connectivity index (χ0) is 13.7. The lowest BCUT2D eigenvalue weighted by Crippen LogP contribution is -2.43. The summed E-state index contributed by atoms with van der Waals surface area (Å²) in [5.41, 5.74) is 2.42. The lowest BCUT2D eigenvalue weighted by molar-refractivity contribution is -0.122. The van der Waals surface area contributed by atoms with Crippen LogP contribution in [0, 0.1) is 5.92 Å². The fraction of sp³-hybridized carbons (Fsp3) is 0.562. The lowest BCUT2D eigenvalue weighted by atomic mass is 9.97. The number of rotatable bonds is 5. The van der Waals surface area contributed by atoms with Gasteiger partial charge in [0.05, 0.1) is 0 Å². The number of hydrogen-bond acceptors (Lipinski definition) is 2. The van der Waals surface area contributed by atoms with Crippen LogP contribution in [0.2, 0.25) is 0 Å². The Kier molecular flexibility index (Phi) is 4.83. The number of benzene rings is 1. The van der Waals surface area contributed by atoms with Crippen molar-refractivity contribution >= 4 is 11.6 Å². The number of hydrogen-bond donors (Lipinski definition) is 2. The van der Waals surface area contributed by atoms with E-state index in [1.165, 1.54) is 5.56 Å². The second kappa shape index (κ2) is 6.60. The van der Waals surface area contributed by atoms with Gasteiger partial charge in [-0.2, -0.15) is 0 Å². The predicted octanol–water partition coefficient (Wildman–Crippen LogP) is 2.97. The van der Waals surface area contributed by atoms with Gasteiger partial charge in [0, 0.05) is 12.2 Å². The van der Waals surface area contributed by atoms with E-state index in [0.717, 1.165) is 37.9 Å². The van der Waals surface area contributed by atoms with Crippen molar-refractivity contribution in [3.8, 4) is 0 Å². The summed E-state index contributed by atoms with van der Waals surface area (Å²) in [6.07, 6.45) is 4.10. The van der Waals surface area contributed by atoms with E-state index in [1.807, 2.05) is 12.1 Å². The molecule has 1 aliphatic heterocycles. The van der Waals surface area contributed by atoms with Crippen LogP contribution in [0.5, 0.6) is 0 Å². The zero-order valence-electron chi connectivity index (χ0n) is 11.9. The SMILES string of the molecule is CCC(CC)CNC(=O)C1CCc2ccccc2N1. The Bertz CT molecular complexity index is 427. The van der Waals surface area contributed by atoms with Crippen molar-refractivity contribution in [1.29, 1.82) is 0 Å². The number of carbonyl (C=O) groups is 1. The largest absolute Gasteiger partial charge is 0.373 e. The first-order valence-corrected chi connectivity index (χ1v) is 7.36. The highest BCUT2D eigenvalue weighted by Crippen LogP contribution is 2.24. The Hall–Kier alpha value is -1.51. The van der Waals surface area contributed by atoms with Crippen LogP contribution < -0.4 is 10.6 Å². The molecule has 104 valence electrons. The molecule has 1 heterocycles. The molecule has 0 radical (unpaired) electrons. The zero-order valence-corrected chi connectivity index (χ0v) is 11.9. The molecule has 2 rings (SSSR count). The highest BCUT2D eigenvalue weighted by molar-refractivity contribution is 5.85. The number of fused-ring (bicyclic) bond motifs is 1. The molecular formula is C16H24N2O. The van der Waals surface area contributed by atoms with Crippen molar-refractivity contribution in [2.75, 3.05) is 11.9 Å². The molecule has 0 saturated carbocycles. The van der Waals surface area contributed by atoms with Crippen LogP contribution in [0.25, 0.3) is 0 Å². The third kappa shape index (κ3) is 3.49. The normalized spacial score (nSPS) is 17.7. The molecule has 1 aromatic carbocycles. The topological polar surface area (TPSA) is 41.1 Å². The standard InChI is InChI=1S/C16H24N2O/c1-3-12(4-2)11-17-16(19)15-10-9-13-7-5-6-8-14(13)18-15/h5-8,12,15,18H,3-4,9-11H2,1-2H3,(H,17,19). The van der Waals surface area contributed by atoms with Crippen molar-refractivity contribution in [2.24, 2.45) is 5.92 Å². The second-order valence-electron chi connectivity index (χ2n) is 5.32. The van der Waals surface area contributed by atoms with Gasteiger partial charge in [-0.05, 0) is 30.4 Å². The first-order chi connectivity index (χ1) is 9.24. The maximum absolute atomic E-state index is 12.2. The van der Waals surface area contributed by atoms with Crippen LogP contribution in [0.4, 0.5) is 5.69 Å². The van der Waals surface area contributed by atoms with Crippen molar-refractivity contribution in [3.63, 3.8) is 0 Å². The van der Waals surface area contributed by atoms with E-state index in [4.69, 9.17) is 0 Å². The van der Waals surface area contributed by atoms with Crippen molar-refractivity contribution in [3.05, 3.63) is 29.8 Å². The van der Waals surface area contributed by atoms with Crippen molar-refractivity contribution < 1.29 is 4.79 Å². The minimum atomic E-state index is -0.0794. The average Bonchev–Trinajstić information content (AvgIpc) is 2.47. The minimum Gasteiger partial charge on any atom is -0.373 e. The van der Waals surface area contributed by atoms with E-state index in [2.05, 4.69) is 36.6 Å². The summed E-state index contributed by atoms with van der Waals surface area (Å²) in [5.74, 6) is 0.737. The molecule has 1 unspecified atom stereocenters. The summed E-state index contributed by atoms with van der Waals surface area (Å²) in [4.78, 5) is 12.2. The number of para-hydroxylation sites is 1. The predicted molar refractivity (Wildman–Crippen MR) is 79.3 cm³/mol. The molecule has 1 atom stereocenters. The van der Waals surface area contributed by atoms with Gasteiger partial charge in [-0.25, -0.2) is 0 Å².